The predicted octanol–water partition coefficient (Wildman–Crippen LogP) is 6.75. The summed E-state index contributed by atoms with van der Waals surface area (Å²) in [5.41, 5.74) is 5.23. The second-order valence-electron chi connectivity index (χ2n) is 9.27. The lowest BCUT2D eigenvalue weighted by Gasteiger charge is -2.13. The van der Waals surface area contributed by atoms with E-state index >= 15 is 0 Å². The summed E-state index contributed by atoms with van der Waals surface area (Å²) in [6.45, 7) is 7.64. The molecule has 4 aromatic carbocycles. The molecule has 0 aliphatic rings. The van der Waals surface area contributed by atoms with Crippen molar-refractivity contribution in [1.29, 1.82) is 0 Å². The van der Waals surface area contributed by atoms with Crippen LogP contribution in [0.1, 0.15) is 22.3 Å². The number of carbonyl (C=O) groups excluding carboxylic acids is 2. The molecule has 0 aliphatic heterocycles. The van der Waals surface area contributed by atoms with Crippen LogP contribution >= 0.6 is 0 Å². The Morgan fingerprint density at radius 1 is 0.538 bits per heavy atom. The topological polar surface area (TPSA) is 85.9 Å². The highest BCUT2D eigenvalue weighted by Crippen LogP contribution is 2.26. The molecule has 0 spiro atoms. The van der Waals surface area contributed by atoms with Gasteiger partial charge in [-0.25, -0.2) is 0 Å². The number of benzene rings is 4. The Hall–Kier alpha value is -4.78. The van der Waals surface area contributed by atoms with Crippen molar-refractivity contribution in [2.75, 3.05) is 23.8 Å². The lowest BCUT2D eigenvalue weighted by molar-refractivity contribution is -0.118. The van der Waals surface area contributed by atoms with Crippen LogP contribution in [0.3, 0.4) is 0 Å². The molecule has 0 unspecified atom stereocenters. The molecule has 0 saturated carbocycles. The predicted molar refractivity (Wildman–Crippen MR) is 153 cm³/mol. The number of carbonyl (C=O) groups is 2. The van der Waals surface area contributed by atoms with E-state index in [0.717, 1.165) is 33.8 Å². The maximum Gasteiger partial charge on any atom is 0.262 e. The third kappa shape index (κ3) is 7.61. The summed E-state index contributed by atoms with van der Waals surface area (Å²) in [6, 6.07) is 25.8. The Bertz CT molecular complexity index is 1300. The van der Waals surface area contributed by atoms with Crippen molar-refractivity contribution in [3.8, 4) is 23.0 Å². The van der Waals surface area contributed by atoms with Crippen molar-refractivity contribution in [2.24, 2.45) is 0 Å². The summed E-state index contributed by atoms with van der Waals surface area (Å²) in [7, 11) is 0. The zero-order chi connectivity index (χ0) is 27.8. The quantitative estimate of drug-likeness (QED) is 0.240. The van der Waals surface area contributed by atoms with Gasteiger partial charge in [-0.05, 0) is 98.5 Å². The number of hydrogen-bond acceptors (Lipinski definition) is 5. The Morgan fingerprint density at radius 2 is 0.872 bits per heavy atom. The lowest BCUT2D eigenvalue weighted by Crippen LogP contribution is -2.20. The van der Waals surface area contributed by atoms with Crippen LogP contribution in [0.2, 0.25) is 0 Å². The van der Waals surface area contributed by atoms with Gasteiger partial charge >= 0.3 is 0 Å². The van der Waals surface area contributed by atoms with Gasteiger partial charge in [0.25, 0.3) is 11.8 Å². The number of nitrogens with one attached hydrogen (secondary N) is 2. The summed E-state index contributed by atoms with van der Waals surface area (Å²) < 4.78 is 17.3. The Balaban J connectivity index is 1.24. The van der Waals surface area contributed by atoms with Crippen LogP contribution in [0.5, 0.6) is 23.0 Å². The molecule has 0 saturated heterocycles. The molecule has 0 aliphatic carbocycles. The van der Waals surface area contributed by atoms with E-state index in [1.165, 1.54) is 0 Å². The zero-order valence-electron chi connectivity index (χ0n) is 22.5. The normalized spacial score (nSPS) is 10.5. The molecule has 0 fully saturated rings. The van der Waals surface area contributed by atoms with E-state index < -0.39 is 0 Å². The van der Waals surface area contributed by atoms with Gasteiger partial charge in [0.05, 0.1) is 0 Å². The molecule has 200 valence electrons. The van der Waals surface area contributed by atoms with Gasteiger partial charge in [-0.2, -0.15) is 0 Å². The van der Waals surface area contributed by atoms with Crippen molar-refractivity contribution < 1.29 is 23.8 Å². The van der Waals surface area contributed by atoms with Crippen LogP contribution in [0.25, 0.3) is 0 Å². The maximum atomic E-state index is 12.3. The maximum absolute atomic E-state index is 12.3. The lowest BCUT2D eigenvalue weighted by atomic mass is 10.1. The summed E-state index contributed by atoms with van der Waals surface area (Å²) in [5.74, 6) is 2.18. The summed E-state index contributed by atoms with van der Waals surface area (Å²) in [5, 5.41) is 5.65. The molecular formula is C32H32N2O5. The Morgan fingerprint density at radius 3 is 1.21 bits per heavy atom. The van der Waals surface area contributed by atoms with Gasteiger partial charge < -0.3 is 24.8 Å². The fourth-order valence-electron chi connectivity index (χ4n) is 4.07. The zero-order valence-corrected chi connectivity index (χ0v) is 22.5. The number of anilines is 2. The van der Waals surface area contributed by atoms with E-state index in [1.807, 2.05) is 64.1 Å². The first kappa shape index (κ1) is 27.3. The number of rotatable bonds is 10. The van der Waals surface area contributed by atoms with Gasteiger partial charge in [-0.1, -0.05) is 36.4 Å². The van der Waals surface area contributed by atoms with Crippen molar-refractivity contribution in [3.05, 3.63) is 107 Å². The summed E-state index contributed by atoms with van der Waals surface area (Å²) >= 11 is 0. The van der Waals surface area contributed by atoms with Gasteiger partial charge in [0, 0.05) is 11.4 Å². The van der Waals surface area contributed by atoms with E-state index in [4.69, 9.17) is 14.2 Å². The highest BCUT2D eigenvalue weighted by atomic mass is 16.5. The van der Waals surface area contributed by atoms with Gasteiger partial charge in [0.2, 0.25) is 0 Å². The fraction of sp³-hybridized carbons (Fsp3) is 0.188. The first-order valence-corrected chi connectivity index (χ1v) is 12.6. The van der Waals surface area contributed by atoms with E-state index in [1.54, 1.807) is 48.5 Å². The Labute approximate surface area is 228 Å². The minimum absolute atomic E-state index is 0.0789. The Kier molecular flexibility index (Phi) is 8.84. The summed E-state index contributed by atoms with van der Waals surface area (Å²) in [6.07, 6.45) is 0. The SMILES string of the molecule is Cc1cccc(C)c1OCC(=O)Nc1ccc(Oc2ccc(NC(=O)COc3c(C)cccc3C)cc2)cc1. The molecule has 4 rings (SSSR count). The molecule has 0 heterocycles. The molecule has 4 aromatic rings. The van der Waals surface area contributed by atoms with Crippen molar-refractivity contribution in [3.63, 3.8) is 0 Å². The highest BCUT2D eigenvalue weighted by Gasteiger charge is 2.10. The molecule has 2 amide bonds. The third-order valence-corrected chi connectivity index (χ3v) is 6.02. The molecule has 7 heteroatoms. The molecule has 0 aromatic heterocycles. The number of aryl methyl sites for hydroxylation is 4. The van der Waals surface area contributed by atoms with Crippen molar-refractivity contribution in [1.82, 2.24) is 0 Å². The number of ether oxygens (including phenoxy) is 3. The second kappa shape index (κ2) is 12.6. The van der Waals surface area contributed by atoms with Crippen LogP contribution in [0, 0.1) is 27.7 Å². The highest BCUT2D eigenvalue weighted by molar-refractivity contribution is 5.92. The van der Waals surface area contributed by atoms with Crippen LogP contribution < -0.4 is 24.8 Å². The average molecular weight is 525 g/mol. The largest absolute Gasteiger partial charge is 0.483 e. The minimum atomic E-state index is -0.247. The fourth-order valence-corrected chi connectivity index (χ4v) is 4.07. The minimum Gasteiger partial charge on any atom is -0.483 e. The molecule has 0 bridgehead atoms. The van der Waals surface area contributed by atoms with Crippen LogP contribution in [0.4, 0.5) is 11.4 Å². The molecule has 0 radical (unpaired) electrons. The van der Waals surface area contributed by atoms with Crippen LogP contribution in [-0.4, -0.2) is 25.0 Å². The van der Waals surface area contributed by atoms with Gasteiger partial charge in [-0.3, -0.25) is 9.59 Å². The van der Waals surface area contributed by atoms with E-state index in [0.29, 0.717) is 22.9 Å². The van der Waals surface area contributed by atoms with Crippen LogP contribution in [0.15, 0.2) is 84.9 Å². The standard InChI is InChI=1S/C32H32N2O5/c1-21-7-5-8-22(2)31(21)37-19-29(35)33-25-11-15-27(16-12-25)39-28-17-13-26(14-18-28)34-30(36)20-38-32-23(3)9-6-10-24(32)4/h5-18H,19-20H2,1-4H3,(H,33,35)(H,34,36). The number of hydrogen-bond donors (Lipinski definition) is 2. The molecule has 39 heavy (non-hydrogen) atoms. The van der Waals surface area contributed by atoms with Crippen molar-refractivity contribution >= 4 is 23.2 Å². The van der Waals surface area contributed by atoms with Gasteiger partial charge in [0.15, 0.2) is 13.2 Å². The van der Waals surface area contributed by atoms with Crippen molar-refractivity contribution in [2.45, 2.75) is 27.7 Å². The van der Waals surface area contributed by atoms with E-state index in [-0.39, 0.29) is 25.0 Å². The van der Waals surface area contributed by atoms with Gasteiger partial charge in [-0.15, -0.1) is 0 Å². The smallest absolute Gasteiger partial charge is 0.262 e. The summed E-state index contributed by atoms with van der Waals surface area (Å²) in [4.78, 5) is 24.7. The first-order valence-electron chi connectivity index (χ1n) is 12.6. The monoisotopic (exact) mass is 524 g/mol. The molecular weight excluding hydrogens is 492 g/mol. The number of amides is 2. The third-order valence-electron chi connectivity index (χ3n) is 6.02. The average Bonchev–Trinajstić information content (AvgIpc) is 2.90. The molecule has 2 N–H and O–H groups in total. The molecule has 0 atom stereocenters. The van der Waals surface area contributed by atoms with Gasteiger partial charge in [0.1, 0.15) is 23.0 Å². The first-order chi connectivity index (χ1) is 18.8. The van der Waals surface area contributed by atoms with Crippen LogP contribution in [-0.2, 0) is 9.59 Å². The molecule has 7 nitrogen and oxygen atoms in total. The number of para-hydroxylation sites is 2. The second-order valence-corrected chi connectivity index (χ2v) is 9.27. The van der Waals surface area contributed by atoms with E-state index in [2.05, 4.69) is 10.6 Å². The van der Waals surface area contributed by atoms with E-state index in [9.17, 15) is 9.59 Å².